The number of aromatic amines is 2. The summed E-state index contributed by atoms with van der Waals surface area (Å²) in [5, 5.41) is 26.1. The topological polar surface area (TPSA) is 115 Å². The van der Waals surface area contributed by atoms with Gasteiger partial charge in [0.25, 0.3) is 5.56 Å². The number of hydrogen-bond acceptors (Lipinski definition) is 5. The Labute approximate surface area is 144 Å². The normalized spacial score (nSPS) is 25.6. The van der Waals surface area contributed by atoms with E-state index in [0.717, 1.165) is 0 Å². The van der Waals surface area contributed by atoms with Crippen LogP contribution in [-0.2, 0) is 16.0 Å². The lowest BCUT2D eigenvalue weighted by molar-refractivity contribution is -0.163. The summed E-state index contributed by atoms with van der Waals surface area (Å²) in [4.78, 5) is 25.1. The first kappa shape index (κ1) is 17.3. The second-order valence-electron chi connectivity index (χ2n) is 7.04. The lowest BCUT2D eigenvalue weighted by Gasteiger charge is -2.40. The van der Waals surface area contributed by atoms with Crippen LogP contribution in [0.4, 0.5) is 0 Å². The molecule has 2 aromatic rings. The largest absolute Gasteiger partial charge is 0.508 e. The third-order valence-corrected chi connectivity index (χ3v) is 4.58. The summed E-state index contributed by atoms with van der Waals surface area (Å²) in [5.41, 5.74) is -0.252. The molecule has 0 amide bonds. The number of hydrogen-bond donors (Lipinski definition) is 4. The van der Waals surface area contributed by atoms with Crippen molar-refractivity contribution in [1.29, 1.82) is 0 Å². The van der Waals surface area contributed by atoms with Gasteiger partial charge in [0.1, 0.15) is 5.75 Å². The maximum absolute atomic E-state index is 12.8. The zero-order valence-corrected chi connectivity index (χ0v) is 14.4. The Bertz CT molecular complexity index is 849. The summed E-state index contributed by atoms with van der Waals surface area (Å²) in [6.45, 7) is 5.02. The molecule has 0 saturated heterocycles. The molecule has 4 N–H and O–H groups in total. The maximum Gasteiger partial charge on any atom is 0.313 e. The van der Waals surface area contributed by atoms with Crippen LogP contribution in [-0.4, -0.2) is 38.1 Å². The summed E-state index contributed by atoms with van der Waals surface area (Å²) in [7, 11) is 0. The zero-order valence-electron chi connectivity index (χ0n) is 14.4. The molecule has 1 aliphatic carbocycles. The maximum atomic E-state index is 12.8. The number of carbonyl (C=O) groups excluding carboxylic acids is 1. The summed E-state index contributed by atoms with van der Waals surface area (Å²) in [6, 6.07) is 6.36. The number of ether oxygens (including phenoxy) is 1. The molecule has 134 valence electrons. The van der Waals surface area contributed by atoms with E-state index in [1.165, 1.54) is 12.1 Å². The Kier molecular flexibility index (Phi) is 4.20. The molecule has 7 nitrogen and oxygen atoms in total. The van der Waals surface area contributed by atoms with Gasteiger partial charge in [0.2, 0.25) is 0 Å². The zero-order chi connectivity index (χ0) is 18.4. The smallest absolute Gasteiger partial charge is 0.313 e. The van der Waals surface area contributed by atoms with Crippen LogP contribution >= 0.6 is 0 Å². The van der Waals surface area contributed by atoms with E-state index in [4.69, 9.17) is 4.74 Å². The number of benzene rings is 1. The van der Waals surface area contributed by atoms with Gasteiger partial charge in [-0.25, -0.2) is 0 Å². The summed E-state index contributed by atoms with van der Waals surface area (Å²) >= 11 is 0. The number of phenolic OH excluding ortho intramolecular Hbond substituents is 1. The van der Waals surface area contributed by atoms with Crippen LogP contribution in [0.5, 0.6) is 5.75 Å². The van der Waals surface area contributed by atoms with Crippen LogP contribution in [0, 0.1) is 5.92 Å². The fourth-order valence-corrected chi connectivity index (χ4v) is 3.64. The number of aromatic nitrogens is 2. The summed E-state index contributed by atoms with van der Waals surface area (Å²) in [6.07, 6.45) is -0.229. The highest BCUT2D eigenvalue weighted by Gasteiger charge is 2.51. The average Bonchev–Trinajstić information content (AvgIpc) is 2.84. The third-order valence-electron chi connectivity index (χ3n) is 4.58. The Morgan fingerprint density at radius 3 is 2.72 bits per heavy atom. The summed E-state index contributed by atoms with van der Waals surface area (Å²) in [5.74, 6) is -2.25. The van der Waals surface area contributed by atoms with Crippen LogP contribution in [0.15, 0.2) is 29.1 Å². The van der Waals surface area contributed by atoms with E-state index in [-0.39, 0.29) is 23.8 Å². The summed E-state index contributed by atoms with van der Waals surface area (Å²) < 4.78 is 5.35. The van der Waals surface area contributed by atoms with Crippen molar-refractivity contribution in [3.8, 4) is 5.75 Å². The fraction of sp³-hybridized carbons (Fsp3) is 0.444. The molecular formula is C18H22N2O5. The highest BCUT2D eigenvalue weighted by atomic mass is 16.5. The van der Waals surface area contributed by atoms with Crippen LogP contribution in [0.1, 0.15) is 43.5 Å². The highest BCUT2D eigenvalue weighted by molar-refractivity contribution is 5.77. The molecule has 1 aromatic heterocycles. The minimum Gasteiger partial charge on any atom is -0.508 e. The molecule has 0 bridgehead atoms. The molecule has 3 atom stereocenters. The Balaban J connectivity index is 2.20. The molecular weight excluding hydrogens is 324 g/mol. The quantitative estimate of drug-likeness (QED) is 0.627. The van der Waals surface area contributed by atoms with E-state index in [2.05, 4.69) is 10.2 Å². The molecule has 0 saturated carbocycles. The Morgan fingerprint density at radius 1 is 1.36 bits per heavy atom. The van der Waals surface area contributed by atoms with Crippen LogP contribution in [0.25, 0.3) is 0 Å². The predicted octanol–water partition coefficient (Wildman–Crippen LogP) is 1.42. The number of aromatic hydroxyl groups is 1. The Morgan fingerprint density at radius 2 is 2.08 bits per heavy atom. The van der Waals surface area contributed by atoms with Crippen molar-refractivity contribution in [3.63, 3.8) is 0 Å². The molecule has 0 spiro atoms. The standard InChI is InChI=1S/C18H22N2O5/c1-9(2)25-17(23)15-13(10-5-4-6-11(21)7-10)14-12(8-18(15,3)24)19-20-16(14)22/h4-7,9,13,15,21,24H,8H2,1-3H3,(H2,19,20,22)/t13-,15-,18-/m1/s1. The number of nitrogens with one attached hydrogen (secondary N) is 2. The van der Waals surface area contributed by atoms with Gasteiger partial charge in [-0.15, -0.1) is 0 Å². The lowest BCUT2D eigenvalue weighted by atomic mass is 9.66. The molecule has 0 fully saturated rings. The SMILES string of the molecule is CC(C)OC(=O)[C@H]1[C@H](c2cccc(O)c2)c2c([nH][nH]c2=O)C[C@@]1(C)O. The number of aliphatic hydroxyl groups is 1. The van der Waals surface area contributed by atoms with Gasteiger partial charge in [-0.05, 0) is 38.5 Å². The van der Waals surface area contributed by atoms with Crippen molar-refractivity contribution in [3.05, 3.63) is 51.4 Å². The van der Waals surface area contributed by atoms with Gasteiger partial charge in [0.05, 0.1) is 17.6 Å². The monoisotopic (exact) mass is 346 g/mol. The van der Waals surface area contributed by atoms with Crippen LogP contribution in [0.2, 0.25) is 0 Å². The number of esters is 1. The molecule has 1 aromatic carbocycles. The molecule has 0 aliphatic heterocycles. The van der Waals surface area contributed by atoms with Gasteiger partial charge < -0.3 is 20.0 Å². The van der Waals surface area contributed by atoms with E-state index >= 15 is 0 Å². The molecule has 0 unspecified atom stereocenters. The minimum atomic E-state index is -1.42. The average molecular weight is 346 g/mol. The first-order valence-corrected chi connectivity index (χ1v) is 8.22. The van der Waals surface area contributed by atoms with Gasteiger partial charge in [0, 0.05) is 23.6 Å². The van der Waals surface area contributed by atoms with Gasteiger partial charge in [0.15, 0.2) is 0 Å². The van der Waals surface area contributed by atoms with Gasteiger partial charge in [-0.1, -0.05) is 12.1 Å². The first-order chi connectivity index (χ1) is 11.7. The number of fused-ring (bicyclic) bond motifs is 1. The third kappa shape index (κ3) is 3.07. The van der Waals surface area contributed by atoms with Crippen molar-refractivity contribution in [2.75, 3.05) is 0 Å². The molecule has 3 rings (SSSR count). The van der Waals surface area contributed by atoms with E-state index < -0.39 is 23.4 Å². The van der Waals surface area contributed by atoms with Crippen molar-refractivity contribution >= 4 is 5.97 Å². The van der Waals surface area contributed by atoms with Crippen LogP contribution < -0.4 is 5.56 Å². The van der Waals surface area contributed by atoms with E-state index in [1.807, 2.05) is 0 Å². The molecule has 1 aliphatic rings. The highest BCUT2D eigenvalue weighted by Crippen LogP contribution is 2.45. The van der Waals surface area contributed by atoms with Crippen molar-refractivity contribution < 1.29 is 19.7 Å². The van der Waals surface area contributed by atoms with Gasteiger partial charge in [-0.2, -0.15) is 0 Å². The van der Waals surface area contributed by atoms with Gasteiger partial charge >= 0.3 is 5.97 Å². The van der Waals surface area contributed by atoms with E-state index in [0.29, 0.717) is 16.8 Å². The molecule has 0 radical (unpaired) electrons. The van der Waals surface area contributed by atoms with E-state index in [9.17, 15) is 19.8 Å². The molecule has 1 heterocycles. The first-order valence-electron chi connectivity index (χ1n) is 8.22. The number of carbonyl (C=O) groups is 1. The number of rotatable bonds is 3. The van der Waals surface area contributed by atoms with Crippen molar-refractivity contribution in [2.24, 2.45) is 5.92 Å². The van der Waals surface area contributed by atoms with Crippen molar-refractivity contribution in [1.82, 2.24) is 10.2 Å². The van der Waals surface area contributed by atoms with Crippen molar-refractivity contribution in [2.45, 2.75) is 44.8 Å². The predicted molar refractivity (Wildman–Crippen MR) is 90.4 cm³/mol. The van der Waals surface area contributed by atoms with Crippen LogP contribution in [0.3, 0.4) is 0 Å². The lowest BCUT2D eigenvalue weighted by Crippen LogP contribution is -2.50. The minimum absolute atomic E-state index is 0.0206. The number of phenols is 1. The fourth-order valence-electron chi connectivity index (χ4n) is 3.64. The number of H-pyrrole nitrogens is 2. The van der Waals surface area contributed by atoms with E-state index in [1.54, 1.807) is 32.9 Å². The molecule has 25 heavy (non-hydrogen) atoms. The Hall–Kier alpha value is -2.54. The second kappa shape index (κ2) is 6.07. The molecule has 7 heteroatoms. The van der Waals surface area contributed by atoms with Gasteiger partial charge in [-0.3, -0.25) is 14.7 Å². The second-order valence-corrected chi connectivity index (χ2v) is 7.04.